The molecule has 0 fully saturated rings. The molecule has 5 nitrogen and oxygen atoms in total. The zero-order valence-corrected chi connectivity index (χ0v) is 16.5. The van der Waals surface area contributed by atoms with Crippen molar-refractivity contribution in [3.63, 3.8) is 0 Å². The summed E-state index contributed by atoms with van der Waals surface area (Å²) < 4.78 is 1.98. The minimum Gasteiger partial charge on any atom is -0.395 e. The van der Waals surface area contributed by atoms with Crippen molar-refractivity contribution < 1.29 is 9.90 Å². The predicted octanol–water partition coefficient (Wildman–Crippen LogP) is 4.06. The number of halogens is 2. The Kier molecular flexibility index (Phi) is 5.88. The van der Waals surface area contributed by atoms with Gasteiger partial charge in [0, 0.05) is 21.9 Å². The van der Waals surface area contributed by atoms with E-state index >= 15 is 0 Å². The van der Waals surface area contributed by atoms with Crippen molar-refractivity contribution in [2.24, 2.45) is 5.10 Å². The zero-order chi connectivity index (χ0) is 17.8. The molecule has 130 valence electrons. The molecule has 3 rings (SSSR count). The van der Waals surface area contributed by atoms with Gasteiger partial charge in [0.1, 0.15) is 0 Å². The number of nitrogens with zero attached hydrogens (tertiary/aromatic N) is 2. The van der Waals surface area contributed by atoms with Gasteiger partial charge in [0.25, 0.3) is 0 Å². The van der Waals surface area contributed by atoms with E-state index in [9.17, 15) is 4.79 Å². The summed E-state index contributed by atoms with van der Waals surface area (Å²) in [5.74, 6) is 0. The molecular weight excluding hydrogens is 450 g/mol. The summed E-state index contributed by atoms with van der Waals surface area (Å²) >= 11 is 6.86. The second-order valence-corrected chi connectivity index (χ2v) is 7.46. The third-order valence-corrected chi connectivity index (χ3v) is 5.00. The maximum atomic E-state index is 12.5. The number of hydrogen-bond donors (Lipinski definition) is 2. The summed E-state index contributed by atoms with van der Waals surface area (Å²) in [6.45, 7) is 0.0946. The van der Waals surface area contributed by atoms with Crippen LogP contribution in [-0.2, 0) is 0 Å². The highest BCUT2D eigenvalue weighted by atomic mass is 79.9. The second-order valence-electron chi connectivity index (χ2n) is 5.63. The number of urea groups is 1. The standard InChI is InChI=1S/C18H17Br2N3O2/c19-14-5-1-12(2-6-14)16-11-17(13-3-7-15(20)8-4-13)23(22-16)18(25)21-9-10-24/h1-8,17,24H,9-11H2,(H,21,25). The molecule has 0 saturated carbocycles. The van der Waals surface area contributed by atoms with Gasteiger partial charge in [-0.3, -0.25) is 0 Å². The van der Waals surface area contributed by atoms with Crippen molar-refractivity contribution >= 4 is 43.6 Å². The molecule has 1 unspecified atom stereocenters. The fourth-order valence-electron chi connectivity index (χ4n) is 2.70. The quantitative estimate of drug-likeness (QED) is 0.713. The van der Waals surface area contributed by atoms with Gasteiger partial charge < -0.3 is 10.4 Å². The van der Waals surface area contributed by atoms with Gasteiger partial charge >= 0.3 is 6.03 Å². The lowest BCUT2D eigenvalue weighted by atomic mass is 9.99. The highest BCUT2D eigenvalue weighted by Gasteiger charge is 2.32. The highest BCUT2D eigenvalue weighted by Crippen LogP contribution is 2.33. The number of hydrazone groups is 1. The number of hydrogen-bond acceptors (Lipinski definition) is 3. The molecule has 0 saturated heterocycles. The molecule has 0 radical (unpaired) electrons. The number of carbonyl (C=O) groups excluding carboxylic acids is 1. The van der Waals surface area contributed by atoms with Crippen LogP contribution in [0.2, 0.25) is 0 Å². The average Bonchev–Trinajstić information content (AvgIpc) is 3.06. The molecule has 0 spiro atoms. The van der Waals surface area contributed by atoms with Crippen molar-refractivity contribution in [3.8, 4) is 0 Å². The van der Waals surface area contributed by atoms with E-state index in [-0.39, 0.29) is 25.2 Å². The normalized spacial score (nSPS) is 16.7. The lowest BCUT2D eigenvalue weighted by Gasteiger charge is -2.22. The number of benzene rings is 2. The van der Waals surface area contributed by atoms with Crippen LogP contribution in [-0.4, -0.2) is 35.0 Å². The summed E-state index contributed by atoms with van der Waals surface area (Å²) in [4.78, 5) is 12.5. The van der Waals surface area contributed by atoms with E-state index in [0.29, 0.717) is 6.42 Å². The SMILES string of the molecule is O=C(NCCO)N1N=C(c2ccc(Br)cc2)CC1c1ccc(Br)cc1. The number of nitrogens with one attached hydrogen (secondary N) is 1. The molecule has 1 aliphatic rings. The lowest BCUT2D eigenvalue weighted by molar-refractivity contribution is 0.182. The summed E-state index contributed by atoms with van der Waals surface area (Å²) in [6, 6.07) is 15.3. The number of aliphatic hydroxyl groups excluding tert-OH is 1. The van der Waals surface area contributed by atoms with Crippen LogP contribution in [0.3, 0.4) is 0 Å². The molecule has 2 amide bonds. The van der Waals surface area contributed by atoms with Crippen LogP contribution in [0.1, 0.15) is 23.6 Å². The first-order valence-corrected chi connectivity index (χ1v) is 9.44. The van der Waals surface area contributed by atoms with E-state index in [4.69, 9.17) is 5.11 Å². The van der Waals surface area contributed by atoms with Crippen molar-refractivity contribution in [1.82, 2.24) is 10.3 Å². The van der Waals surface area contributed by atoms with Crippen LogP contribution in [0.4, 0.5) is 4.79 Å². The van der Waals surface area contributed by atoms with Crippen molar-refractivity contribution in [2.75, 3.05) is 13.2 Å². The third kappa shape index (κ3) is 4.29. The molecular formula is C18H17Br2N3O2. The van der Waals surface area contributed by atoms with Gasteiger partial charge in [-0.05, 0) is 35.4 Å². The predicted molar refractivity (Wildman–Crippen MR) is 105 cm³/mol. The van der Waals surface area contributed by atoms with Gasteiger partial charge in [-0.1, -0.05) is 56.1 Å². The van der Waals surface area contributed by atoms with Gasteiger partial charge in [-0.15, -0.1) is 0 Å². The topological polar surface area (TPSA) is 64.9 Å². The maximum absolute atomic E-state index is 12.5. The number of aliphatic hydroxyl groups is 1. The largest absolute Gasteiger partial charge is 0.395 e. The van der Waals surface area contributed by atoms with Crippen LogP contribution in [0.5, 0.6) is 0 Å². The Labute approximate surface area is 163 Å². The fourth-order valence-corrected chi connectivity index (χ4v) is 3.23. The molecule has 2 aromatic rings. The van der Waals surface area contributed by atoms with Gasteiger partial charge in [0.15, 0.2) is 0 Å². The van der Waals surface area contributed by atoms with Crippen LogP contribution < -0.4 is 5.32 Å². The van der Waals surface area contributed by atoms with Crippen LogP contribution in [0.15, 0.2) is 62.6 Å². The smallest absolute Gasteiger partial charge is 0.338 e. The Balaban J connectivity index is 1.90. The van der Waals surface area contributed by atoms with Crippen molar-refractivity contribution in [2.45, 2.75) is 12.5 Å². The van der Waals surface area contributed by atoms with Crippen LogP contribution >= 0.6 is 31.9 Å². The summed E-state index contributed by atoms with van der Waals surface area (Å²) in [5, 5.41) is 17.6. The molecule has 0 aromatic heterocycles. The summed E-state index contributed by atoms with van der Waals surface area (Å²) in [5.41, 5.74) is 2.86. The minimum atomic E-state index is -0.311. The molecule has 0 bridgehead atoms. The molecule has 25 heavy (non-hydrogen) atoms. The Bertz CT molecular complexity index is 776. The second kappa shape index (κ2) is 8.12. The first kappa shape index (κ1) is 18.1. The van der Waals surface area contributed by atoms with Gasteiger partial charge in [-0.25, -0.2) is 9.80 Å². The number of rotatable bonds is 4. The Morgan fingerprint density at radius 3 is 2.32 bits per heavy atom. The van der Waals surface area contributed by atoms with Crippen molar-refractivity contribution in [1.29, 1.82) is 0 Å². The van der Waals surface area contributed by atoms with E-state index in [1.807, 2.05) is 48.5 Å². The molecule has 0 aliphatic carbocycles. The van der Waals surface area contributed by atoms with Gasteiger partial charge in [-0.2, -0.15) is 5.10 Å². The Morgan fingerprint density at radius 1 is 1.12 bits per heavy atom. The van der Waals surface area contributed by atoms with E-state index in [1.54, 1.807) is 0 Å². The van der Waals surface area contributed by atoms with Crippen LogP contribution in [0, 0.1) is 0 Å². The average molecular weight is 467 g/mol. The molecule has 1 heterocycles. The van der Waals surface area contributed by atoms with E-state index < -0.39 is 0 Å². The summed E-state index contributed by atoms with van der Waals surface area (Å²) in [6.07, 6.45) is 0.635. The Morgan fingerprint density at radius 2 is 1.72 bits per heavy atom. The minimum absolute atomic E-state index is 0.105. The first-order chi connectivity index (χ1) is 12.1. The molecule has 1 atom stereocenters. The molecule has 1 aliphatic heterocycles. The summed E-state index contributed by atoms with van der Waals surface area (Å²) in [7, 11) is 0. The monoisotopic (exact) mass is 465 g/mol. The van der Waals surface area contributed by atoms with Crippen molar-refractivity contribution in [3.05, 3.63) is 68.6 Å². The molecule has 7 heteroatoms. The third-order valence-electron chi connectivity index (χ3n) is 3.94. The van der Waals surface area contributed by atoms with E-state index in [0.717, 1.165) is 25.8 Å². The highest BCUT2D eigenvalue weighted by molar-refractivity contribution is 9.10. The van der Waals surface area contributed by atoms with Crippen LogP contribution in [0.25, 0.3) is 0 Å². The fraction of sp³-hybridized carbons (Fsp3) is 0.222. The van der Waals surface area contributed by atoms with Gasteiger partial charge in [0.2, 0.25) is 0 Å². The number of amides is 2. The first-order valence-electron chi connectivity index (χ1n) is 7.85. The van der Waals surface area contributed by atoms with E-state index in [1.165, 1.54) is 5.01 Å². The lowest BCUT2D eigenvalue weighted by Crippen LogP contribution is -2.38. The molecule has 2 N–H and O–H groups in total. The van der Waals surface area contributed by atoms with E-state index in [2.05, 4.69) is 42.3 Å². The van der Waals surface area contributed by atoms with Gasteiger partial charge in [0.05, 0.1) is 18.4 Å². The number of carbonyl (C=O) groups is 1. The maximum Gasteiger partial charge on any atom is 0.338 e. The Hall–Kier alpha value is -1.70. The molecule has 2 aromatic carbocycles. The zero-order valence-electron chi connectivity index (χ0n) is 13.3.